The van der Waals surface area contributed by atoms with Crippen molar-refractivity contribution in [2.75, 3.05) is 19.6 Å². The van der Waals surface area contributed by atoms with Crippen molar-refractivity contribution in [2.45, 2.75) is 38.0 Å². The third-order valence-electron chi connectivity index (χ3n) is 4.59. The molecule has 1 amide bonds. The van der Waals surface area contributed by atoms with E-state index in [1.54, 1.807) is 0 Å². The second-order valence-electron chi connectivity index (χ2n) is 6.00. The summed E-state index contributed by atoms with van der Waals surface area (Å²) in [5.41, 5.74) is 4.06. The lowest BCUT2D eigenvalue weighted by Crippen LogP contribution is -2.32. The second kappa shape index (κ2) is 6.90. The number of hydrogen-bond donors (Lipinski definition) is 2. The number of nitrogens with one attached hydrogen (secondary N) is 2. The number of carbonyl (C=O) groups excluding carboxylic acids is 1. The van der Waals surface area contributed by atoms with Gasteiger partial charge in [-0.25, -0.2) is 0 Å². The molecule has 1 aliphatic heterocycles. The first-order chi connectivity index (χ1) is 10.3. The molecule has 2 aliphatic rings. The number of benzene rings is 1. The first-order valence-corrected chi connectivity index (χ1v) is 8.09. The number of fused-ring (bicyclic) bond motifs is 1. The molecular formula is C18H24N2O. The molecule has 1 aromatic carbocycles. The van der Waals surface area contributed by atoms with Crippen LogP contribution in [0.3, 0.4) is 0 Å². The van der Waals surface area contributed by atoms with Gasteiger partial charge in [-0.15, -0.1) is 0 Å². The summed E-state index contributed by atoms with van der Waals surface area (Å²) < 4.78 is 0. The Bertz CT molecular complexity index is 536. The fraction of sp³-hybridized carbons (Fsp3) is 0.500. The summed E-state index contributed by atoms with van der Waals surface area (Å²) in [5.74, 6) is 0.258. The summed E-state index contributed by atoms with van der Waals surface area (Å²) in [4.78, 5) is 12.5. The van der Waals surface area contributed by atoms with Gasteiger partial charge in [-0.3, -0.25) is 4.79 Å². The van der Waals surface area contributed by atoms with Crippen LogP contribution in [0.15, 0.2) is 35.9 Å². The molecule has 1 heterocycles. The molecular weight excluding hydrogens is 260 g/mol. The highest BCUT2D eigenvalue weighted by molar-refractivity contribution is 5.84. The lowest BCUT2D eigenvalue weighted by molar-refractivity contribution is -0.122. The predicted molar refractivity (Wildman–Crippen MR) is 85.3 cm³/mol. The zero-order chi connectivity index (χ0) is 14.5. The second-order valence-corrected chi connectivity index (χ2v) is 6.00. The third kappa shape index (κ3) is 3.53. The molecule has 0 radical (unpaired) electrons. The maximum Gasteiger partial charge on any atom is 0.227 e. The Labute approximate surface area is 126 Å². The highest BCUT2D eigenvalue weighted by Gasteiger charge is 2.25. The average molecular weight is 284 g/mol. The van der Waals surface area contributed by atoms with Crippen molar-refractivity contribution in [1.82, 2.24) is 10.6 Å². The number of carbonyl (C=O) groups is 1. The minimum atomic E-state index is 0.0527. The van der Waals surface area contributed by atoms with Crippen molar-refractivity contribution < 1.29 is 4.79 Å². The average Bonchev–Trinajstić information content (AvgIpc) is 2.55. The molecule has 0 aromatic heterocycles. The van der Waals surface area contributed by atoms with Crippen LogP contribution in [0.25, 0.3) is 0 Å². The van der Waals surface area contributed by atoms with Crippen LogP contribution in [-0.4, -0.2) is 25.5 Å². The summed E-state index contributed by atoms with van der Waals surface area (Å²) >= 11 is 0. The SMILES string of the molecule is O=C(NCCC1=CCNCC1)C1CCCc2ccccc21. The van der Waals surface area contributed by atoms with Crippen molar-refractivity contribution in [3.8, 4) is 0 Å². The summed E-state index contributed by atoms with van der Waals surface area (Å²) in [7, 11) is 0. The summed E-state index contributed by atoms with van der Waals surface area (Å²) in [5, 5.41) is 6.45. The van der Waals surface area contributed by atoms with Crippen molar-refractivity contribution in [2.24, 2.45) is 0 Å². The highest BCUT2D eigenvalue weighted by Crippen LogP contribution is 2.31. The zero-order valence-corrected chi connectivity index (χ0v) is 12.5. The monoisotopic (exact) mass is 284 g/mol. The fourth-order valence-electron chi connectivity index (χ4n) is 3.39. The minimum Gasteiger partial charge on any atom is -0.355 e. The predicted octanol–water partition coefficient (Wildman–Crippen LogP) is 2.53. The van der Waals surface area contributed by atoms with Gasteiger partial charge in [-0.1, -0.05) is 35.9 Å². The van der Waals surface area contributed by atoms with Gasteiger partial charge < -0.3 is 10.6 Å². The Morgan fingerprint density at radius 3 is 3.05 bits per heavy atom. The number of amides is 1. The van der Waals surface area contributed by atoms with Crippen molar-refractivity contribution in [3.05, 3.63) is 47.0 Å². The maximum atomic E-state index is 12.5. The van der Waals surface area contributed by atoms with Gasteiger partial charge in [0.2, 0.25) is 5.91 Å². The first-order valence-electron chi connectivity index (χ1n) is 8.09. The lowest BCUT2D eigenvalue weighted by atomic mass is 9.82. The molecule has 0 spiro atoms. The Kier molecular flexibility index (Phi) is 4.71. The standard InChI is InChI=1S/C18H24N2O/c21-18(20-13-10-14-8-11-19-12-9-14)17-7-3-5-15-4-1-2-6-16(15)17/h1-2,4,6,8,17,19H,3,5,7,9-13H2,(H,20,21). The van der Waals surface area contributed by atoms with E-state index in [4.69, 9.17) is 0 Å². The van der Waals surface area contributed by atoms with E-state index in [1.165, 1.54) is 16.7 Å². The van der Waals surface area contributed by atoms with E-state index >= 15 is 0 Å². The molecule has 1 aliphatic carbocycles. The topological polar surface area (TPSA) is 41.1 Å². The van der Waals surface area contributed by atoms with E-state index in [0.29, 0.717) is 0 Å². The smallest absolute Gasteiger partial charge is 0.227 e. The van der Waals surface area contributed by atoms with Gasteiger partial charge in [0, 0.05) is 13.1 Å². The fourth-order valence-corrected chi connectivity index (χ4v) is 3.39. The van der Waals surface area contributed by atoms with Crippen molar-refractivity contribution in [1.29, 1.82) is 0 Å². The van der Waals surface area contributed by atoms with Crippen LogP contribution in [0.2, 0.25) is 0 Å². The van der Waals surface area contributed by atoms with Crippen LogP contribution in [0.1, 0.15) is 42.7 Å². The molecule has 3 nitrogen and oxygen atoms in total. The van der Waals surface area contributed by atoms with Crippen molar-refractivity contribution >= 4 is 5.91 Å². The van der Waals surface area contributed by atoms with Crippen molar-refractivity contribution in [3.63, 3.8) is 0 Å². The van der Waals surface area contributed by atoms with Gasteiger partial charge in [-0.2, -0.15) is 0 Å². The molecule has 2 N–H and O–H groups in total. The normalized spacial score (nSPS) is 21.3. The molecule has 3 heteroatoms. The van der Waals surface area contributed by atoms with Crippen LogP contribution in [0, 0.1) is 0 Å². The van der Waals surface area contributed by atoms with E-state index in [1.807, 2.05) is 6.07 Å². The van der Waals surface area contributed by atoms with E-state index < -0.39 is 0 Å². The van der Waals surface area contributed by atoms with E-state index in [9.17, 15) is 4.79 Å². The molecule has 3 rings (SSSR count). The van der Waals surface area contributed by atoms with Crippen LogP contribution < -0.4 is 10.6 Å². The molecule has 0 saturated heterocycles. The molecule has 21 heavy (non-hydrogen) atoms. The van der Waals surface area contributed by atoms with Crippen LogP contribution >= 0.6 is 0 Å². The third-order valence-corrected chi connectivity index (χ3v) is 4.59. The molecule has 0 bridgehead atoms. The van der Waals surface area contributed by atoms with Gasteiger partial charge in [0.15, 0.2) is 0 Å². The van der Waals surface area contributed by atoms with Crippen LogP contribution in [-0.2, 0) is 11.2 Å². The number of aryl methyl sites for hydroxylation is 1. The Morgan fingerprint density at radius 1 is 1.29 bits per heavy atom. The number of hydrogen-bond acceptors (Lipinski definition) is 2. The van der Waals surface area contributed by atoms with Gasteiger partial charge in [0.1, 0.15) is 0 Å². The van der Waals surface area contributed by atoms with Gasteiger partial charge >= 0.3 is 0 Å². The quantitative estimate of drug-likeness (QED) is 0.834. The van der Waals surface area contributed by atoms with E-state index in [-0.39, 0.29) is 11.8 Å². The highest BCUT2D eigenvalue weighted by atomic mass is 16.1. The largest absolute Gasteiger partial charge is 0.355 e. The molecule has 0 saturated carbocycles. The van der Waals surface area contributed by atoms with Crippen LogP contribution in [0.4, 0.5) is 0 Å². The van der Waals surface area contributed by atoms with Crippen LogP contribution in [0.5, 0.6) is 0 Å². The number of rotatable bonds is 4. The van der Waals surface area contributed by atoms with Gasteiger partial charge in [0.25, 0.3) is 0 Å². The Morgan fingerprint density at radius 2 is 2.19 bits per heavy atom. The summed E-state index contributed by atoms with van der Waals surface area (Å²) in [6, 6.07) is 8.40. The Hall–Kier alpha value is -1.61. The lowest BCUT2D eigenvalue weighted by Gasteiger charge is -2.24. The van der Waals surface area contributed by atoms with Gasteiger partial charge in [-0.05, 0) is 49.8 Å². The molecule has 1 aromatic rings. The maximum absolute atomic E-state index is 12.5. The molecule has 0 fully saturated rings. The van der Waals surface area contributed by atoms with E-state index in [2.05, 4.69) is 34.9 Å². The molecule has 1 unspecified atom stereocenters. The zero-order valence-electron chi connectivity index (χ0n) is 12.5. The molecule has 1 atom stereocenters. The Balaban J connectivity index is 1.55. The summed E-state index contributed by atoms with van der Waals surface area (Å²) in [6.07, 6.45) is 7.57. The van der Waals surface area contributed by atoms with Gasteiger partial charge in [0.05, 0.1) is 5.92 Å². The minimum absolute atomic E-state index is 0.0527. The summed E-state index contributed by atoms with van der Waals surface area (Å²) in [6.45, 7) is 2.80. The molecule has 112 valence electrons. The first kappa shape index (κ1) is 14.3. The van der Waals surface area contributed by atoms with E-state index in [0.717, 1.165) is 51.7 Å².